The molecule has 2 heterocycles. The van der Waals surface area contributed by atoms with Gasteiger partial charge in [-0.3, -0.25) is 9.11 Å². The summed E-state index contributed by atoms with van der Waals surface area (Å²) in [5.41, 5.74) is 0.954. The number of rotatable bonds is 22. The zero-order valence-electron chi connectivity index (χ0n) is 33.8. The normalized spacial score (nSPS) is 11.7. The number of aromatic nitrogens is 6. The van der Waals surface area contributed by atoms with Crippen LogP contribution in [0.5, 0.6) is 0 Å². The van der Waals surface area contributed by atoms with Crippen LogP contribution in [0.15, 0.2) is 107 Å². The zero-order chi connectivity index (χ0) is 45.7. The number of nitrogens with one attached hydrogen (secondary N) is 4. The molecule has 22 nitrogen and oxygen atoms in total. The molecule has 6 rings (SSSR count). The molecular formula is C40H44N12O10S2. The van der Waals surface area contributed by atoms with Gasteiger partial charge in [0.25, 0.3) is 20.2 Å². The molecule has 0 saturated carbocycles. The van der Waals surface area contributed by atoms with Crippen LogP contribution >= 0.6 is 0 Å². The lowest BCUT2D eigenvalue weighted by Gasteiger charge is -2.22. The Bertz CT molecular complexity index is 2760. The zero-order valence-corrected chi connectivity index (χ0v) is 35.4. The van der Waals surface area contributed by atoms with Gasteiger partial charge >= 0.3 is 0 Å². The van der Waals surface area contributed by atoms with Crippen molar-refractivity contribution in [3.8, 4) is 0 Å². The molecule has 2 aromatic heterocycles. The van der Waals surface area contributed by atoms with Crippen LogP contribution in [0.25, 0.3) is 12.2 Å². The van der Waals surface area contributed by atoms with Crippen molar-refractivity contribution in [2.45, 2.75) is 9.79 Å². The van der Waals surface area contributed by atoms with Gasteiger partial charge in [0.15, 0.2) is 0 Å². The molecule has 0 aliphatic heterocycles. The molecule has 24 heteroatoms. The van der Waals surface area contributed by atoms with Crippen LogP contribution in [0, 0.1) is 0 Å². The van der Waals surface area contributed by atoms with Gasteiger partial charge in [-0.15, -0.1) is 0 Å². The first kappa shape index (κ1) is 46.6. The second-order valence-corrected chi connectivity index (χ2v) is 16.2. The molecule has 0 radical (unpaired) electrons. The minimum Gasteiger partial charge on any atom is -0.395 e. The molecule has 336 valence electrons. The predicted octanol–water partition coefficient (Wildman–Crippen LogP) is 3.28. The molecule has 0 bridgehead atoms. The quantitative estimate of drug-likeness (QED) is 0.0345. The number of hydrogen-bond acceptors (Lipinski definition) is 20. The van der Waals surface area contributed by atoms with Gasteiger partial charge in [-0.2, -0.15) is 46.7 Å². The number of para-hydroxylation sites is 2. The van der Waals surface area contributed by atoms with Gasteiger partial charge in [0.05, 0.1) is 32.1 Å². The summed E-state index contributed by atoms with van der Waals surface area (Å²) in [6, 6.07) is 25.8. The molecule has 4 aromatic carbocycles. The molecule has 0 aliphatic carbocycles. The van der Waals surface area contributed by atoms with Crippen molar-refractivity contribution in [2.24, 2.45) is 0 Å². The number of anilines is 10. The van der Waals surface area contributed by atoms with Gasteiger partial charge in [-0.05, 0) is 53.6 Å². The maximum absolute atomic E-state index is 13.0. The molecule has 0 amide bonds. The van der Waals surface area contributed by atoms with E-state index in [0.29, 0.717) is 11.4 Å². The lowest BCUT2D eigenvalue weighted by molar-refractivity contribution is 0.279. The van der Waals surface area contributed by atoms with Gasteiger partial charge in [0, 0.05) is 43.2 Å². The number of benzene rings is 4. The molecule has 0 saturated heterocycles. The lowest BCUT2D eigenvalue weighted by Crippen LogP contribution is -2.31. The number of nitrogens with zero attached hydrogens (tertiary/aromatic N) is 8. The molecule has 10 N–H and O–H groups in total. The number of aliphatic hydroxyl groups is 4. The molecule has 0 fully saturated rings. The van der Waals surface area contributed by atoms with Gasteiger partial charge in [0.1, 0.15) is 9.79 Å². The Kier molecular flexibility index (Phi) is 15.6. The highest BCUT2D eigenvalue weighted by Gasteiger charge is 2.23. The molecule has 0 spiro atoms. The average Bonchev–Trinajstić information content (AvgIpc) is 3.25. The molecule has 6 aromatic rings. The molecule has 0 atom stereocenters. The predicted molar refractivity (Wildman–Crippen MR) is 240 cm³/mol. The minimum atomic E-state index is -5.02. The standard InChI is InChI=1S/C40H44N12O10S2/c53-22-18-51(19-23-54)39-47-35(41-29-9-3-1-4-10-29)45-37(49-39)43-31-17-16-27(33(26-31)63(57,58)59)14-15-28-8-7-13-32(34(28)64(60,61)62)44-38-46-36(42-30-11-5-2-6-12-30)48-40(50-38)52(20-24-55)21-25-56/h1-17,26,53-56H,18-25H2,(H,57,58,59)(H,60,61,62)(H2,41,43,45,47,49)(H2,42,44,46,48,50)/b15-14+. The Morgan fingerprint density at radius 1 is 0.469 bits per heavy atom. The Morgan fingerprint density at radius 3 is 1.34 bits per heavy atom. The van der Waals surface area contributed by atoms with Gasteiger partial charge < -0.3 is 51.5 Å². The highest BCUT2D eigenvalue weighted by molar-refractivity contribution is 7.86. The Balaban J connectivity index is 1.35. The molecule has 0 unspecified atom stereocenters. The second-order valence-electron chi connectivity index (χ2n) is 13.4. The Morgan fingerprint density at radius 2 is 0.906 bits per heavy atom. The number of aliphatic hydroxyl groups excluding tert-OH is 4. The summed E-state index contributed by atoms with van der Waals surface area (Å²) in [5.74, 6) is -0.0692. The summed E-state index contributed by atoms with van der Waals surface area (Å²) >= 11 is 0. The highest BCUT2D eigenvalue weighted by atomic mass is 32.2. The van der Waals surface area contributed by atoms with Crippen LogP contribution in [0.1, 0.15) is 11.1 Å². The summed E-state index contributed by atoms with van der Waals surface area (Å²) < 4.78 is 72.4. The highest BCUT2D eigenvalue weighted by Crippen LogP contribution is 2.32. The van der Waals surface area contributed by atoms with E-state index >= 15 is 0 Å². The van der Waals surface area contributed by atoms with E-state index in [1.807, 2.05) is 6.07 Å². The SMILES string of the molecule is O=S(=O)(O)c1cc(Nc2nc(Nc3ccccc3)nc(N(CCO)CCO)n2)ccc1/C=C/c1cccc(Nc2nc(Nc3ccccc3)nc(N(CCO)CCO)n2)c1S(=O)(=O)O. The lowest BCUT2D eigenvalue weighted by atomic mass is 10.1. The molecule has 0 aliphatic rings. The Labute approximate surface area is 367 Å². The van der Waals surface area contributed by atoms with E-state index in [0.717, 1.165) is 6.07 Å². The smallest absolute Gasteiger partial charge is 0.297 e. The third-order valence-electron chi connectivity index (χ3n) is 8.89. The third-order valence-corrected chi connectivity index (χ3v) is 10.8. The largest absolute Gasteiger partial charge is 0.395 e. The van der Waals surface area contributed by atoms with Crippen LogP contribution in [0.2, 0.25) is 0 Å². The first-order chi connectivity index (χ1) is 30.8. The van der Waals surface area contributed by atoms with Crippen molar-refractivity contribution in [1.29, 1.82) is 0 Å². The fraction of sp³-hybridized carbons (Fsp3) is 0.200. The Hall–Kier alpha value is -6.90. The van der Waals surface area contributed by atoms with Crippen molar-refractivity contribution < 1.29 is 46.4 Å². The van der Waals surface area contributed by atoms with Crippen molar-refractivity contribution in [1.82, 2.24) is 29.9 Å². The van der Waals surface area contributed by atoms with Crippen LogP contribution in [0.4, 0.5) is 58.4 Å². The maximum atomic E-state index is 13.0. The second kappa shape index (κ2) is 21.5. The van der Waals surface area contributed by atoms with E-state index < -0.39 is 30.0 Å². The van der Waals surface area contributed by atoms with Crippen LogP contribution in [-0.2, 0) is 20.2 Å². The fourth-order valence-corrected chi connectivity index (χ4v) is 7.66. The van der Waals surface area contributed by atoms with Crippen molar-refractivity contribution in [3.05, 3.63) is 108 Å². The summed E-state index contributed by atoms with van der Waals surface area (Å²) in [5, 5.41) is 50.4. The summed E-state index contributed by atoms with van der Waals surface area (Å²) in [4.78, 5) is 28.1. The van der Waals surface area contributed by atoms with E-state index in [-0.39, 0.29) is 111 Å². The van der Waals surface area contributed by atoms with E-state index in [4.69, 9.17) is 0 Å². The molecular weight excluding hydrogens is 873 g/mol. The van der Waals surface area contributed by atoms with E-state index in [9.17, 15) is 46.4 Å². The van der Waals surface area contributed by atoms with Crippen LogP contribution in [-0.4, -0.2) is 129 Å². The van der Waals surface area contributed by atoms with Crippen molar-refractivity contribution in [2.75, 3.05) is 83.7 Å². The maximum Gasteiger partial charge on any atom is 0.297 e. The van der Waals surface area contributed by atoms with E-state index in [1.54, 1.807) is 54.6 Å². The van der Waals surface area contributed by atoms with E-state index in [1.165, 1.54) is 52.3 Å². The monoisotopic (exact) mass is 916 g/mol. The fourth-order valence-electron chi connectivity index (χ4n) is 6.12. The topological polar surface area (TPSA) is 322 Å². The third kappa shape index (κ3) is 12.6. The van der Waals surface area contributed by atoms with E-state index in [2.05, 4.69) is 51.2 Å². The summed E-state index contributed by atoms with van der Waals surface area (Å²) in [7, 11) is -9.96. The van der Waals surface area contributed by atoms with Crippen LogP contribution < -0.4 is 31.1 Å². The number of hydrogen-bond donors (Lipinski definition) is 10. The first-order valence-electron chi connectivity index (χ1n) is 19.3. The average molecular weight is 917 g/mol. The molecule has 64 heavy (non-hydrogen) atoms. The summed E-state index contributed by atoms with van der Waals surface area (Å²) in [6.07, 6.45) is 2.43. The van der Waals surface area contributed by atoms with Crippen molar-refractivity contribution in [3.63, 3.8) is 0 Å². The summed E-state index contributed by atoms with van der Waals surface area (Å²) in [6.45, 7) is -0.949. The van der Waals surface area contributed by atoms with Gasteiger partial charge in [-0.1, -0.05) is 66.7 Å². The first-order valence-corrected chi connectivity index (χ1v) is 22.2. The van der Waals surface area contributed by atoms with Crippen molar-refractivity contribution >= 4 is 90.8 Å². The minimum absolute atomic E-state index is 0.0183. The van der Waals surface area contributed by atoms with Crippen LogP contribution in [0.3, 0.4) is 0 Å². The van der Waals surface area contributed by atoms with Gasteiger partial charge in [0.2, 0.25) is 35.7 Å². The van der Waals surface area contributed by atoms with Gasteiger partial charge in [-0.25, -0.2) is 0 Å².